The number of rotatable bonds is 7. The van der Waals surface area contributed by atoms with E-state index >= 15 is 0 Å². The fourth-order valence-corrected chi connectivity index (χ4v) is 2.74. The van der Waals surface area contributed by atoms with Gasteiger partial charge in [0.2, 0.25) is 0 Å². The molecule has 0 aliphatic rings. The normalized spacial score (nSPS) is 10.3. The zero-order valence-electron chi connectivity index (χ0n) is 14.7. The van der Waals surface area contributed by atoms with Gasteiger partial charge in [-0.2, -0.15) is 0 Å². The lowest BCUT2D eigenvalue weighted by atomic mass is 10.2. The van der Waals surface area contributed by atoms with Crippen LogP contribution in [-0.2, 0) is 19.5 Å². The molecule has 3 aromatic rings. The molecule has 0 aliphatic heterocycles. The van der Waals surface area contributed by atoms with E-state index in [0.29, 0.717) is 19.6 Å². The lowest BCUT2D eigenvalue weighted by molar-refractivity contribution is 0.195. The highest BCUT2D eigenvalue weighted by Gasteiger charge is 2.14. The summed E-state index contributed by atoms with van der Waals surface area (Å²) in [6.07, 6.45) is 2.51. The minimum atomic E-state index is -0.0614. The maximum Gasteiger partial charge on any atom is 0.317 e. The molecule has 0 aliphatic carbocycles. The average molecular weight is 345 g/mol. The Labute approximate surface area is 154 Å². The predicted molar refractivity (Wildman–Crippen MR) is 103 cm³/mol. The Balaban J connectivity index is 1.63. The Morgan fingerprint density at radius 1 is 0.846 bits per heavy atom. The van der Waals surface area contributed by atoms with Gasteiger partial charge in [0.1, 0.15) is 0 Å². The predicted octanol–water partition coefficient (Wildman–Crippen LogP) is 4.04. The van der Waals surface area contributed by atoms with Crippen LogP contribution in [-0.4, -0.2) is 22.5 Å². The second-order valence-corrected chi connectivity index (χ2v) is 6.12. The van der Waals surface area contributed by atoms with Gasteiger partial charge in [-0.15, -0.1) is 0 Å². The zero-order chi connectivity index (χ0) is 18.0. The largest absolute Gasteiger partial charge is 0.334 e. The third-order valence-electron chi connectivity index (χ3n) is 4.15. The third-order valence-corrected chi connectivity index (χ3v) is 4.15. The molecule has 0 saturated carbocycles. The maximum absolute atomic E-state index is 12.7. The molecular formula is C22H23N3O. The summed E-state index contributed by atoms with van der Waals surface area (Å²) in [7, 11) is 0. The van der Waals surface area contributed by atoms with Crippen LogP contribution in [0.5, 0.6) is 0 Å². The van der Waals surface area contributed by atoms with Crippen molar-refractivity contribution >= 4 is 6.03 Å². The molecule has 1 N–H and O–H groups in total. The lowest BCUT2D eigenvalue weighted by Crippen LogP contribution is -2.40. The molecular weight excluding hydrogens is 322 g/mol. The van der Waals surface area contributed by atoms with E-state index in [2.05, 4.69) is 10.3 Å². The maximum atomic E-state index is 12.7. The SMILES string of the molecule is O=C(NCc1ccccc1)N(CCc1ccccn1)Cc1ccccc1. The van der Waals surface area contributed by atoms with E-state index in [-0.39, 0.29) is 6.03 Å². The number of pyridine rings is 1. The Morgan fingerprint density at radius 2 is 1.50 bits per heavy atom. The van der Waals surface area contributed by atoms with Crippen LogP contribution in [0, 0.1) is 0 Å². The first-order chi connectivity index (χ1) is 12.8. The van der Waals surface area contributed by atoms with Crippen molar-refractivity contribution in [1.82, 2.24) is 15.2 Å². The van der Waals surface area contributed by atoms with E-state index in [1.54, 1.807) is 6.20 Å². The number of carbonyl (C=O) groups excluding carboxylic acids is 1. The Kier molecular flexibility index (Phi) is 6.37. The van der Waals surface area contributed by atoms with Crippen LogP contribution in [0.2, 0.25) is 0 Å². The van der Waals surface area contributed by atoms with Gasteiger partial charge in [-0.25, -0.2) is 4.79 Å². The molecule has 1 aromatic heterocycles. The zero-order valence-corrected chi connectivity index (χ0v) is 14.7. The van der Waals surface area contributed by atoms with Crippen molar-refractivity contribution in [3.63, 3.8) is 0 Å². The topological polar surface area (TPSA) is 45.2 Å². The molecule has 4 nitrogen and oxygen atoms in total. The molecule has 0 radical (unpaired) electrons. The quantitative estimate of drug-likeness (QED) is 0.702. The van der Waals surface area contributed by atoms with Crippen LogP contribution in [0.15, 0.2) is 85.1 Å². The number of nitrogens with one attached hydrogen (secondary N) is 1. The highest BCUT2D eigenvalue weighted by atomic mass is 16.2. The van der Waals surface area contributed by atoms with Crippen LogP contribution >= 0.6 is 0 Å². The Hall–Kier alpha value is -3.14. The highest BCUT2D eigenvalue weighted by Crippen LogP contribution is 2.07. The summed E-state index contributed by atoms with van der Waals surface area (Å²) in [6, 6.07) is 25.8. The number of carbonyl (C=O) groups is 1. The minimum Gasteiger partial charge on any atom is -0.334 e. The fourth-order valence-electron chi connectivity index (χ4n) is 2.74. The van der Waals surface area contributed by atoms with Gasteiger partial charge in [-0.3, -0.25) is 4.98 Å². The second-order valence-electron chi connectivity index (χ2n) is 6.12. The van der Waals surface area contributed by atoms with E-state index in [1.807, 2.05) is 83.8 Å². The van der Waals surface area contributed by atoms with E-state index in [1.165, 1.54) is 0 Å². The lowest BCUT2D eigenvalue weighted by Gasteiger charge is -2.23. The molecule has 4 heteroatoms. The van der Waals surface area contributed by atoms with Crippen LogP contribution in [0.1, 0.15) is 16.8 Å². The number of aromatic nitrogens is 1. The summed E-state index contributed by atoms with van der Waals surface area (Å²) < 4.78 is 0. The number of urea groups is 1. The summed E-state index contributed by atoms with van der Waals surface area (Å²) in [5.74, 6) is 0. The molecule has 2 amide bonds. The van der Waals surface area contributed by atoms with Crippen molar-refractivity contribution in [2.24, 2.45) is 0 Å². The second kappa shape index (κ2) is 9.37. The first-order valence-corrected chi connectivity index (χ1v) is 8.82. The summed E-state index contributed by atoms with van der Waals surface area (Å²) >= 11 is 0. The van der Waals surface area contributed by atoms with Gasteiger partial charge in [0.05, 0.1) is 0 Å². The molecule has 132 valence electrons. The van der Waals surface area contributed by atoms with E-state index in [9.17, 15) is 4.79 Å². The van der Waals surface area contributed by atoms with Crippen molar-refractivity contribution in [3.8, 4) is 0 Å². The number of benzene rings is 2. The molecule has 0 spiro atoms. The standard InChI is InChI=1S/C22H23N3O/c26-22(24-17-19-9-3-1-4-10-19)25(18-20-11-5-2-6-12-20)16-14-21-13-7-8-15-23-21/h1-13,15H,14,16-18H2,(H,24,26). The number of amides is 2. The number of hydrogen-bond donors (Lipinski definition) is 1. The fraction of sp³-hybridized carbons (Fsp3) is 0.182. The van der Waals surface area contributed by atoms with Crippen molar-refractivity contribution in [2.75, 3.05) is 6.54 Å². The Morgan fingerprint density at radius 3 is 2.15 bits per heavy atom. The first kappa shape index (κ1) is 17.7. The van der Waals surface area contributed by atoms with Crippen molar-refractivity contribution in [2.45, 2.75) is 19.5 Å². The van der Waals surface area contributed by atoms with E-state index in [4.69, 9.17) is 0 Å². The van der Waals surface area contributed by atoms with Crippen molar-refractivity contribution < 1.29 is 4.79 Å². The van der Waals surface area contributed by atoms with E-state index < -0.39 is 0 Å². The summed E-state index contributed by atoms with van der Waals surface area (Å²) in [6.45, 7) is 1.72. The van der Waals surface area contributed by atoms with Gasteiger partial charge in [0.25, 0.3) is 0 Å². The van der Waals surface area contributed by atoms with Crippen LogP contribution in [0.3, 0.4) is 0 Å². The van der Waals surface area contributed by atoms with Crippen LogP contribution < -0.4 is 5.32 Å². The van der Waals surface area contributed by atoms with Gasteiger partial charge in [-0.1, -0.05) is 66.7 Å². The molecule has 0 saturated heterocycles. The monoisotopic (exact) mass is 345 g/mol. The van der Waals surface area contributed by atoms with Crippen LogP contribution in [0.25, 0.3) is 0 Å². The first-order valence-electron chi connectivity index (χ1n) is 8.82. The highest BCUT2D eigenvalue weighted by molar-refractivity contribution is 5.74. The molecule has 0 fully saturated rings. The number of hydrogen-bond acceptors (Lipinski definition) is 2. The molecule has 0 unspecified atom stereocenters. The summed E-state index contributed by atoms with van der Waals surface area (Å²) in [5, 5.41) is 3.02. The van der Waals surface area contributed by atoms with Crippen molar-refractivity contribution in [1.29, 1.82) is 0 Å². The minimum absolute atomic E-state index is 0.0614. The van der Waals surface area contributed by atoms with Gasteiger partial charge in [-0.05, 0) is 23.3 Å². The molecule has 26 heavy (non-hydrogen) atoms. The van der Waals surface area contributed by atoms with Gasteiger partial charge < -0.3 is 10.2 Å². The van der Waals surface area contributed by atoms with Crippen molar-refractivity contribution in [3.05, 3.63) is 102 Å². The van der Waals surface area contributed by atoms with Gasteiger partial charge in [0, 0.05) is 37.9 Å². The molecule has 2 aromatic carbocycles. The average Bonchev–Trinajstić information content (AvgIpc) is 2.71. The summed E-state index contributed by atoms with van der Waals surface area (Å²) in [4.78, 5) is 18.9. The smallest absolute Gasteiger partial charge is 0.317 e. The molecule has 0 bridgehead atoms. The molecule has 1 heterocycles. The summed E-state index contributed by atoms with van der Waals surface area (Å²) in [5.41, 5.74) is 3.19. The number of nitrogens with zero attached hydrogens (tertiary/aromatic N) is 2. The van der Waals surface area contributed by atoms with Gasteiger partial charge >= 0.3 is 6.03 Å². The molecule has 0 atom stereocenters. The molecule has 3 rings (SSSR count). The van der Waals surface area contributed by atoms with Crippen LogP contribution in [0.4, 0.5) is 4.79 Å². The van der Waals surface area contributed by atoms with E-state index in [0.717, 1.165) is 23.2 Å². The van der Waals surface area contributed by atoms with Gasteiger partial charge in [0.15, 0.2) is 0 Å². The Bertz CT molecular complexity index is 791. The third kappa shape index (κ3) is 5.45.